The van der Waals surface area contributed by atoms with E-state index < -0.39 is 0 Å². The summed E-state index contributed by atoms with van der Waals surface area (Å²) < 4.78 is 5.45. The summed E-state index contributed by atoms with van der Waals surface area (Å²) in [7, 11) is 1.75. The molecule has 1 aliphatic heterocycles. The fraction of sp³-hybridized carbons (Fsp3) is 0.188. The van der Waals surface area contributed by atoms with Gasteiger partial charge in [0.15, 0.2) is 0 Å². The zero-order valence-corrected chi connectivity index (χ0v) is 11.3. The summed E-state index contributed by atoms with van der Waals surface area (Å²) in [6.45, 7) is 0.719. The Labute approximate surface area is 118 Å². The van der Waals surface area contributed by atoms with Crippen LogP contribution in [0.4, 0.5) is 16.2 Å². The number of carbonyl (C=O) groups is 1. The van der Waals surface area contributed by atoms with Gasteiger partial charge in [0.25, 0.3) is 0 Å². The number of hydrogen-bond donors (Lipinski definition) is 1. The summed E-state index contributed by atoms with van der Waals surface area (Å²) in [5.41, 5.74) is 2.79. The molecule has 4 nitrogen and oxygen atoms in total. The Kier molecular flexibility index (Phi) is 3.29. The fourth-order valence-electron chi connectivity index (χ4n) is 2.24. The first-order valence-electron chi connectivity index (χ1n) is 6.59. The number of para-hydroxylation sites is 1. The number of hydrogen-bond acceptors (Lipinski definition) is 2. The minimum Gasteiger partial charge on any atom is -0.493 e. The first-order valence-corrected chi connectivity index (χ1v) is 6.59. The van der Waals surface area contributed by atoms with E-state index >= 15 is 0 Å². The number of ether oxygens (including phenoxy) is 1. The number of carbonyl (C=O) groups excluding carboxylic acids is 1. The number of anilines is 2. The molecule has 2 amide bonds. The Bertz CT molecular complexity index is 626. The Morgan fingerprint density at radius 3 is 2.80 bits per heavy atom. The standard InChI is InChI=1S/C16H16N2O2/c1-18(14-5-3-2-4-6-14)16(19)17-13-7-8-15-12(11-13)9-10-20-15/h2-8,11H,9-10H2,1H3,(H,17,19). The average molecular weight is 268 g/mol. The van der Waals surface area contributed by atoms with Crippen LogP contribution in [-0.4, -0.2) is 19.7 Å². The maximum absolute atomic E-state index is 12.2. The third-order valence-corrected chi connectivity index (χ3v) is 3.39. The molecule has 0 spiro atoms. The van der Waals surface area contributed by atoms with Crippen LogP contribution in [0.3, 0.4) is 0 Å². The molecule has 20 heavy (non-hydrogen) atoms. The van der Waals surface area contributed by atoms with Crippen LogP contribution in [0.15, 0.2) is 48.5 Å². The summed E-state index contributed by atoms with van der Waals surface area (Å²) >= 11 is 0. The number of rotatable bonds is 2. The summed E-state index contributed by atoms with van der Waals surface area (Å²) in [5, 5.41) is 2.90. The van der Waals surface area contributed by atoms with Gasteiger partial charge in [-0.3, -0.25) is 4.90 Å². The summed E-state index contributed by atoms with van der Waals surface area (Å²) in [5.74, 6) is 0.916. The molecular weight excluding hydrogens is 252 g/mol. The highest BCUT2D eigenvalue weighted by Crippen LogP contribution is 2.28. The van der Waals surface area contributed by atoms with Gasteiger partial charge in [-0.05, 0) is 35.9 Å². The van der Waals surface area contributed by atoms with Gasteiger partial charge in [0.2, 0.25) is 0 Å². The van der Waals surface area contributed by atoms with Crippen molar-refractivity contribution in [3.05, 3.63) is 54.1 Å². The van der Waals surface area contributed by atoms with E-state index in [9.17, 15) is 4.79 Å². The van der Waals surface area contributed by atoms with E-state index in [0.717, 1.165) is 35.7 Å². The van der Waals surface area contributed by atoms with E-state index in [-0.39, 0.29) is 6.03 Å². The second-order valence-electron chi connectivity index (χ2n) is 4.75. The highest BCUT2D eigenvalue weighted by Gasteiger charge is 2.14. The molecule has 0 atom stereocenters. The zero-order valence-electron chi connectivity index (χ0n) is 11.3. The van der Waals surface area contributed by atoms with Gasteiger partial charge in [-0.25, -0.2) is 4.79 Å². The summed E-state index contributed by atoms with van der Waals surface area (Å²) in [4.78, 5) is 13.8. The van der Waals surface area contributed by atoms with Gasteiger partial charge in [0.05, 0.1) is 6.61 Å². The number of amides is 2. The van der Waals surface area contributed by atoms with Crippen molar-refractivity contribution in [1.29, 1.82) is 0 Å². The average Bonchev–Trinajstić information content (AvgIpc) is 2.95. The van der Waals surface area contributed by atoms with E-state index in [1.54, 1.807) is 11.9 Å². The third-order valence-electron chi connectivity index (χ3n) is 3.39. The SMILES string of the molecule is CN(C(=O)Nc1ccc2c(c1)CCO2)c1ccccc1. The molecule has 0 bridgehead atoms. The van der Waals surface area contributed by atoms with Crippen molar-refractivity contribution in [2.45, 2.75) is 6.42 Å². The van der Waals surface area contributed by atoms with Crippen molar-refractivity contribution in [3.63, 3.8) is 0 Å². The van der Waals surface area contributed by atoms with E-state index in [0.29, 0.717) is 0 Å². The molecule has 0 aliphatic carbocycles. The molecule has 2 aromatic carbocycles. The minimum atomic E-state index is -0.157. The van der Waals surface area contributed by atoms with E-state index in [1.165, 1.54) is 0 Å². The maximum atomic E-state index is 12.2. The maximum Gasteiger partial charge on any atom is 0.326 e. The smallest absolute Gasteiger partial charge is 0.326 e. The number of nitrogens with one attached hydrogen (secondary N) is 1. The van der Waals surface area contributed by atoms with Crippen molar-refractivity contribution >= 4 is 17.4 Å². The normalized spacial score (nSPS) is 12.4. The monoisotopic (exact) mass is 268 g/mol. The largest absolute Gasteiger partial charge is 0.493 e. The molecule has 1 aliphatic rings. The van der Waals surface area contributed by atoms with Gasteiger partial charge in [-0.15, -0.1) is 0 Å². The van der Waals surface area contributed by atoms with Crippen LogP contribution < -0.4 is 15.0 Å². The zero-order chi connectivity index (χ0) is 13.9. The van der Waals surface area contributed by atoms with Gasteiger partial charge in [0.1, 0.15) is 5.75 Å². The molecule has 3 rings (SSSR count). The summed E-state index contributed by atoms with van der Waals surface area (Å²) in [6, 6.07) is 15.1. The predicted molar refractivity (Wildman–Crippen MR) is 79.5 cm³/mol. The molecule has 1 N–H and O–H groups in total. The predicted octanol–water partition coefficient (Wildman–Crippen LogP) is 3.29. The second-order valence-corrected chi connectivity index (χ2v) is 4.75. The Morgan fingerprint density at radius 1 is 1.20 bits per heavy atom. The van der Waals surface area contributed by atoms with E-state index in [1.807, 2.05) is 48.5 Å². The Balaban J connectivity index is 1.73. The lowest BCUT2D eigenvalue weighted by Gasteiger charge is -2.18. The van der Waals surface area contributed by atoms with Crippen LogP contribution >= 0.6 is 0 Å². The van der Waals surface area contributed by atoms with Crippen molar-refractivity contribution in [2.24, 2.45) is 0 Å². The second kappa shape index (κ2) is 5.25. The fourth-order valence-corrected chi connectivity index (χ4v) is 2.24. The van der Waals surface area contributed by atoms with E-state index in [4.69, 9.17) is 4.74 Å². The summed E-state index contributed by atoms with van der Waals surface area (Å²) in [6.07, 6.45) is 0.896. The van der Waals surface area contributed by atoms with Crippen molar-refractivity contribution in [1.82, 2.24) is 0 Å². The van der Waals surface area contributed by atoms with Gasteiger partial charge < -0.3 is 10.1 Å². The Morgan fingerprint density at radius 2 is 2.00 bits per heavy atom. The minimum absolute atomic E-state index is 0.157. The molecule has 4 heteroatoms. The lowest BCUT2D eigenvalue weighted by molar-refractivity contribution is 0.258. The van der Waals surface area contributed by atoms with Crippen LogP contribution in [0.2, 0.25) is 0 Å². The molecule has 2 aromatic rings. The lowest BCUT2D eigenvalue weighted by Crippen LogP contribution is -2.31. The van der Waals surface area contributed by atoms with Crippen molar-refractivity contribution in [3.8, 4) is 5.75 Å². The molecular formula is C16H16N2O2. The van der Waals surface area contributed by atoms with Gasteiger partial charge in [0, 0.05) is 24.8 Å². The first kappa shape index (κ1) is 12.5. The molecule has 102 valence electrons. The number of benzene rings is 2. The van der Waals surface area contributed by atoms with E-state index in [2.05, 4.69) is 5.32 Å². The van der Waals surface area contributed by atoms with Crippen LogP contribution in [-0.2, 0) is 6.42 Å². The third kappa shape index (κ3) is 2.45. The molecule has 0 saturated heterocycles. The van der Waals surface area contributed by atoms with Crippen LogP contribution in [0.5, 0.6) is 5.75 Å². The lowest BCUT2D eigenvalue weighted by atomic mass is 10.1. The molecule has 0 saturated carbocycles. The molecule has 1 heterocycles. The van der Waals surface area contributed by atoms with Crippen molar-refractivity contribution in [2.75, 3.05) is 23.9 Å². The van der Waals surface area contributed by atoms with Gasteiger partial charge in [-0.1, -0.05) is 18.2 Å². The highest BCUT2D eigenvalue weighted by molar-refractivity contribution is 6.01. The quantitative estimate of drug-likeness (QED) is 0.908. The topological polar surface area (TPSA) is 41.6 Å². The molecule has 0 fully saturated rings. The van der Waals surface area contributed by atoms with Gasteiger partial charge in [-0.2, -0.15) is 0 Å². The van der Waals surface area contributed by atoms with Crippen LogP contribution in [0.25, 0.3) is 0 Å². The first-order chi connectivity index (χ1) is 9.74. The number of nitrogens with zero attached hydrogens (tertiary/aromatic N) is 1. The highest BCUT2D eigenvalue weighted by atomic mass is 16.5. The van der Waals surface area contributed by atoms with Gasteiger partial charge >= 0.3 is 6.03 Å². The molecule has 0 radical (unpaired) electrons. The van der Waals surface area contributed by atoms with Crippen LogP contribution in [0.1, 0.15) is 5.56 Å². The molecule has 0 aromatic heterocycles. The van der Waals surface area contributed by atoms with Crippen molar-refractivity contribution < 1.29 is 9.53 Å². The Hall–Kier alpha value is -2.49. The number of fused-ring (bicyclic) bond motifs is 1. The van der Waals surface area contributed by atoms with Crippen LogP contribution in [0, 0.1) is 0 Å². The molecule has 0 unspecified atom stereocenters. The number of urea groups is 1.